The molecule has 31 heavy (non-hydrogen) atoms. The molecule has 0 aliphatic carbocycles. The minimum Gasteiger partial charge on any atom is -0.497 e. The first-order valence-electron chi connectivity index (χ1n) is 10.5. The van der Waals surface area contributed by atoms with Crippen LogP contribution < -0.4 is 9.47 Å². The van der Waals surface area contributed by atoms with Gasteiger partial charge in [0, 0.05) is 55.5 Å². The van der Waals surface area contributed by atoms with Crippen molar-refractivity contribution in [3.8, 4) is 11.5 Å². The van der Waals surface area contributed by atoms with E-state index in [4.69, 9.17) is 9.47 Å². The van der Waals surface area contributed by atoms with Crippen LogP contribution in [0.4, 0.5) is 0 Å². The highest BCUT2D eigenvalue weighted by atomic mass is 16.5. The van der Waals surface area contributed by atoms with Gasteiger partial charge in [0.2, 0.25) is 0 Å². The number of fused-ring (bicyclic) bond motifs is 2. The molecule has 0 bridgehead atoms. The smallest absolute Gasteiger partial charge is 0.270 e. The number of carbonyl (C=O) groups is 1. The quantitative estimate of drug-likeness (QED) is 0.542. The molecule has 1 saturated heterocycles. The molecule has 7 nitrogen and oxygen atoms in total. The number of likely N-dealkylation sites (tertiary alicyclic amines) is 1. The highest BCUT2D eigenvalue weighted by Crippen LogP contribution is 2.34. The summed E-state index contributed by atoms with van der Waals surface area (Å²) in [5.41, 5.74) is 4.72. The molecule has 160 valence electrons. The molecule has 1 amide bonds. The molecule has 0 unspecified atom stereocenters. The lowest BCUT2D eigenvalue weighted by atomic mass is 9.94. The number of carbonyl (C=O) groups excluding carboxylic acids is 1. The third-order valence-corrected chi connectivity index (χ3v) is 6.33. The second-order valence-corrected chi connectivity index (χ2v) is 8.10. The number of nitrogens with zero attached hydrogens (tertiary/aromatic N) is 3. The number of rotatable bonds is 4. The summed E-state index contributed by atoms with van der Waals surface area (Å²) in [7, 11) is 5.18. The van der Waals surface area contributed by atoms with Crippen molar-refractivity contribution in [3.05, 3.63) is 54.0 Å². The number of amides is 1. The van der Waals surface area contributed by atoms with E-state index in [0.717, 1.165) is 47.0 Å². The van der Waals surface area contributed by atoms with E-state index < -0.39 is 0 Å². The number of aromatic amines is 1. The van der Waals surface area contributed by atoms with E-state index in [-0.39, 0.29) is 11.8 Å². The lowest BCUT2D eigenvalue weighted by Gasteiger charge is -2.32. The van der Waals surface area contributed by atoms with Crippen molar-refractivity contribution in [2.45, 2.75) is 18.8 Å². The van der Waals surface area contributed by atoms with Gasteiger partial charge < -0.3 is 23.9 Å². The predicted molar refractivity (Wildman–Crippen MR) is 120 cm³/mol. The predicted octanol–water partition coefficient (Wildman–Crippen LogP) is 4.09. The fourth-order valence-corrected chi connectivity index (χ4v) is 4.64. The fraction of sp³-hybridized carbons (Fsp3) is 0.333. The Morgan fingerprint density at radius 3 is 2.84 bits per heavy atom. The molecular formula is C24H26N4O3. The van der Waals surface area contributed by atoms with Gasteiger partial charge in [0.25, 0.3) is 5.91 Å². The normalized spacial score (nSPS) is 16.7. The van der Waals surface area contributed by atoms with E-state index in [1.54, 1.807) is 20.4 Å². The average molecular weight is 418 g/mol. The number of hydrogen-bond donors (Lipinski definition) is 1. The molecule has 5 rings (SSSR count). The number of hydrogen-bond acceptors (Lipinski definition) is 4. The zero-order chi connectivity index (χ0) is 21.5. The molecule has 7 heteroatoms. The lowest BCUT2D eigenvalue weighted by molar-refractivity contribution is 0.0697. The van der Waals surface area contributed by atoms with Gasteiger partial charge in [-0.05, 0) is 37.1 Å². The van der Waals surface area contributed by atoms with E-state index in [2.05, 4.69) is 16.0 Å². The first kappa shape index (κ1) is 19.5. The summed E-state index contributed by atoms with van der Waals surface area (Å²) in [6.07, 6.45) is 3.83. The molecule has 0 saturated carbocycles. The largest absolute Gasteiger partial charge is 0.497 e. The molecule has 1 aliphatic rings. The van der Waals surface area contributed by atoms with Crippen LogP contribution in [0.2, 0.25) is 0 Å². The third kappa shape index (κ3) is 3.30. The standard InChI is InChI=1S/C24H26N4O3/c1-27-21-10-16(30-2)11-23(31-3)17(21)12-22(27)24(29)28-9-5-6-15(14-28)19-13-20-18(26-19)7-4-8-25-20/h4,7-8,10-13,15,26H,5-6,9,14H2,1-3H3/t15-/m0/s1. The van der Waals surface area contributed by atoms with E-state index in [0.29, 0.717) is 23.7 Å². The molecular weight excluding hydrogens is 392 g/mol. The van der Waals surface area contributed by atoms with Crippen molar-refractivity contribution >= 4 is 27.8 Å². The Morgan fingerprint density at radius 2 is 2.06 bits per heavy atom. The number of aromatic nitrogens is 3. The summed E-state index contributed by atoms with van der Waals surface area (Å²) >= 11 is 0. The van der Waals surface area contributed by atoms with Crippen LogP contribution >= 0.6 is 0 Å². The Morgan fingerprint density at radius 1 is 1.19 bits per heavy atom. The Labute approximate surface area is 180 Å². The lowest BCUT2D eigenvalue weighted by Crippen LogP contribution is -2.39. The highest BCUT2D eigenvalue weighted by Gasteiger charge is 2.28. The number of piperidine rings is 1. The minimum atomic E-state index is 0.0404. The minimum absolute atomic E-state index is 0.0404. The molecule has 1 atom stereocenters. The van der Waals surface area contributed by atoms with Gasteiger partial charge in [-0.3, -0.25) is 9.78 Å². The Balaban J connectivity index is 1.45. The Bertz CT molecular complexity index is 1240. The van der Waals surface area contributed by atoms with Crippen LogP contribution in [0.25, 0.3) is 21.9 Å². The summed E-state index contributed by atoms with van der Waals surface area (Å²) in [5.74, 6) is 1.72. The van der Waals surface area contributed by atoms with E-state index in [1.165, 1.54) is 0 Å². The summed E-state index contributed by atoms with van der Waals surface area (Å²) in [5, 5.41) is 0.907. The summed E-state index contributed by atoms with van der Waals surface area (Å²) < 4.78 is 12.9. The number of nitrogens with one attached hydrogen (secondary N) is 1. The van der Waals surface area contributed by atoms with E-state index >= 15 is 0 Å². The number of methoxy groups -OCH3 is 2. The van der Waals surface area contributed by atoms with Gasteiger partial charge in [0.1, 0.15) is 17.2 Å². The third-order valence-electron chi connectivity index (χ3n) is 6.33. The Kier molecular flexibility index (Phi) is 4.81. The van der Waals surface area contributed by atoms with Gasteiger partial charge in [-0.15, -0.1) is 0 Å². The molecule has 4 heterocycles. The second-order valence-electron chi connectivity index (χ2n) is 8.10. The number of H-pyrrole nitrogens is 1. The van der Waals surface area contributed by atoms with Crippen LogP contribution in [-0.2, 0) is 7.05 Å². The van der Waals surface area contributed by atoms with Crippen molar-refractivity contribution in [3.63, 3.8) is 0 Å². The monoisotopic (exact) mass is 418 g/mol. The molecule has 1 N–H and O–H groups in total. The van der Waals surface area contributed by atoms with E-state index in [9.17, 15) is 4.79 Å². The molecule has 0 spiro atoms. The fourth-order valence-electron chi connectivity index (χ4n) is 4.64. The molecule has 0 radical (unpaired) electrons. The van der Waals surface area contributed by atoms with Crippen molar-refractivity contribution < 1.29 is 14.3 Å². The van der Waals surface area contributed by atoms with Gasteiger partial charge in [0.05, 0.1) is 30.8 Å². The van der Waals surface area contributed by atoms with Crippen LogP contribution in [0.3, 0.4) is 0 Å². The maximum Gasteiger partial charge on any atom is 0.270 e. The zero-order valence-electron chi connectivity index (χ0n) is 18.0. The van der Waals surface area contributed by atoms with Crippen molar-refractivity contribution in [2.24, 2.45) is 7.05 Å². The van der Waals surface area contributed by atoms with Crippen LogP contribution in [0.5, 0.6) is 11.5 Å². The summed E-state index contributed by atoms with van der Waals surface area (Å²) in [4.78, 5) is 23.4. The molecule has 4 aromatic rings. The molecule has 1 aliphatic heterocycles. The first-order valence-corrected chi connectivity index (χ1v) is 10.5. The maximum atomic E-state index is 13.5. The van der Waals surface area contributed by atoms with E-state index in [1.807, 2.05) is 46.8 Å². The summed E-state index contributed by atoms with van der Waals surface area (Å²) in [6.45, 7) is 1.45. The SMILES string of the molecule is COc1cc(OC)c2cc(C(=O)N3CCC[C@H](c4cc5ncccc5[nH]4)C3)n(C)c2c1. The number of ether oxygens (including phenoxy) is 2. The highest BCUT2D eigenvalue weighted by molar-refractivity contribution is 6.01. The van der Waals surface area contributed by atoms with Gasteiger partial charge >= 0.3 is 0 Å². The van der Waals surface area contributed by atoms with Gasteiger partial charge in [-0.1, -0.05) is 0 Å². The van der Waals surface area contributed by atoms with Crippen molar-refractivity contribution in [2.75, 3.05) is 27.3 Å². The van der Waals surface area contributed by atoms with Crippen LogP contribution in [-0.4, -0.2) is 52.7 Å². The van der Waals surface area contributed by atoms with Crippen LogP contribution in [0.1, 0.15) is 34.9 Å². The first-order chi connectivity index (χ1) is 15.1. The van der Waals surface area contributed by atoms with Crippen molar-refractivity contribution in [1.29, 1.82) is 0 Å². The van der Waals surface area contributed by atoms with Gasteiger partial charge in [0.15, 0.2) is 0 Å². The zero-order valence-corrected chi connectivity index (χ0v) is 18.0. The number of benzene rings is 1. The maximum absolute atomic E-state index is 13.5. The number of aryl methyl sites for hydroxylation is 1. The van der Waals surface area contributed by atoms with Crippen molar-refractivity contribution in [1.82, 2.24) is 19.4 Å². The average Bonchev–Trinajstić information content (AvgIpc) is 3.39. The molecule has 1 aromatic carbocycles. The second kappa shape index (κ2) is 7.65. The summed E-state index contributed by atoms with van der Waals surface area (Å²) in [6, 6.07) is 11.8. The van der Waals surface area contributed by atoms with Crippen LogP contribution in [0, 0.1) is 0 Å². The topological polar surface area (TPSA) is 72.4 Å². The van der Waals surface area contributed by atoms with Gasteiger partial charge in [-0.25, -0.2) is 0 Å². The number of pyridine rings is 1. The Hall–Kier alpha value is -3.48. The van der Waals surface area contributed by atoms with Gasteiger partial charge in [-0.2, -0.15) is 0 Å². The molecule has 3 aromatic heterocycles. The van der Waals surface area contributed by atoms with Crippen LogP contribution in [0.15, 0.2) is 42.6 Å². The molecule has 1 fully saturated rings.